The van der Waals surface area contributed by atoms with Gasteiger partial charge in [-0.2, -0.15) is 0 Å². The molecular weight excluding hydrogens is 440 g/mol. The van der Waals surface area contributed by atoms with Crippen LogP contribution in [-0.2, 0) is 16.0 Å². The third-order valence-electron chi connectivity index (χ3n) is 7.14. The third kappa shape index (κ3) is 5.01. The second-order valence-corrected chi connectivity index (χ2v) is 9.61. The summed E-state index contributed by atoms with van der Waals surface area (Å²) in [4.78, 5) is 29.4. The van der Waals surface area contributed by atoms with Gasteiger partial charge in [0.25, 0.3) is 0 Å². The maximum absolute atomic E-state index is 12.9. The minimum atomic E-state index is 0.00265. The lowest BCUT2D eigenvalue weighted by molar-refractivity contribution is -0.135. The van der Waals surface area contributed by atoms with Crippen LogP contribution in [0.4, 0.5) is 5.82 Å². The number of hydrogen-bond donors (Lipinski definition) is 1. The third-order valence-corrected chi connectivity index (χ3v) is 7.14. The van der Waals surface area contributed by atoms with E-state index < -0.39 is 0 Å². The van der Waals surface area contributed by atoms with E-state index in [2.05, 4.69) is 20.4 Å². The molecule has 2 fully saturated rings. The Kier molecular flexibility index (Phi) is 6.70. The van der Waals surface area contributed by atoms with Crippen molar-refractivity contribution < 1.29 is 9.59 Å². The number of fused-ring (bicyclic) bond motifs is 1. The van der Waals surface area contributed by atoms with Gasteiger partial charge >= 0.3 is 0 Å². The summed E-state index contributed by atoms with van der Waals surface area (Å²) >= 11 is 0. The summed E-state index contributed by atoms with van der Waals surface area (Å²) in [6.07, 6.45) is 6.40. The normalized spacial score (nSPS) is 18.0. The molecule has 1 aromatic carbocycles. The Morgan fingerprint density at radius 1 is 1.03 bits per heavy atom. The van der Waals surface area contributed by atoms with Gasteiger partial charge in [0.15, 0.2) is 11.6 Å². The fourth-order valence-corrected chi connectivity index (χ4v) is 5.06. The average Bonchev–Trinajstić information content (AvgIpc) is 3.64. The second kappa shape index (κ2) is 10.1. The molecule has 1 N–H and O–H groups in total. The molecule has 2 amide bonds. The smallest absolute Gasteiger partial charge is 0.227 e. The zero-order valence-electron chi connectivity index (χ0n) is 20.6. The minimum absolute atomic E-state index is 0.00265. The first-order chi connectivity index (χ1) is 17.1. The molecule has 2 aliphatic rings. The van der Waals surface area contributed by atoms with Crippen LogP contribution in [0.5, 0.6) is 0 Å². The summed E-state index contributed by atoms with van der Waals surface area (Å²) < 4.78 is 2.01. The summed E-state index contributed by atoms with van der Waals surface area (Å²) in [5, 5.41) is 13.2. The van der Waals surface area contributed by atoms with Crippen LogP contribution in [0.15, 0.2) is 42.6 Å². The summed E-state index contributed by atoms with van der Waals surface area (Å²) in [6.45, 7) is 7.10. The van der Waals surface area contributed by atoms with Crippen LogP contribution in [-0.4, -0.2) is 63.7 Å². The fourth-order valence-electron chi connectivity index (χ4n) is 5.06. The van der Waals surface area contributed by atoms with Crippen molar-refractivity contribution in [2.75, 3.05) is 31.1 Å². The summed E-state index contributed by atoms with van der Waals surface area (Å²) in [5.74, 6) is 1.82. The largest absolute Gasteiger partial charge is 0.354 e. The number of nitrogens with zero attached hydrogens (tertiary/aromatic N) is 5. The molecule has 2 aromatic heterocycles. The summed E-state index contributed by atoms with van der Waals surface area (Å²) in [6, 6.07) is 12.4. The first-order valence-corrected chi connectivity index (χ1v) is 12.8. The summed E-state index contributed by atoms with van der Waals surface area (Å²) in [5.41, 5.74) is 1.99. The quantitative estimate of drug-likeness (QED) is 0.542. The monoisotopic (exact) mass is 474 g/mol. The van der Waals surface area contributed by atoms with Crippen molar-refractivity contribution in [2.45, 2.75) is 52.0 Å². The molecule has 1 saturated heterocycles. The van der Waals surface area contributed by atoms with Crippen LogP contribution in [0.3, 0.4) is 0 Å². The van der Waals surface area contributed by atoms with Crippen molar-refractivity contribution in [3.05, 3.63) is 48.2 Å². The second-order valence-electron chi connectivity index (χ2n) is 9.61. The van der Waals surface area contributed by atoms with E-state index in [1.807, 2.05) is 65.9 Å². The van der Waals surface area contributed by atoms with Crippen LogP contribution in [0.2, 0.25) is 0 Å². The van der Waals surface area contributed by atoms with Gasteiger partial charge in [-0.3, -0.25) is 14.2 Å². The Bertz CT molecular complexity index is 1200. The lowest BCUT2D eigenvalue weighted by Crippen LogP contribution is -2.45. The molecule has 1 atom stereocenters. The first kappa shape index (κ1) is 23.3. The highest BCUT2D eigenvalue weighted by atomic mass is 16.2. The van der Waals surface area contributed by atoms with Crippen molar-refractivity contribution >= 4 is 28.5 Å². The number of hydrogen-bond acceptors (Lipinski definition) is 5. The molecule has 1 saturated carbocycles. The highest BCUT2D eigenvalue weighted by Gasteiger charge is 2.29. The number of carbonyl (C=O) groups excluding carboxylic acids is 2. The molecule has 3 aromatic rings. The van der Waals surface area contributed by atoms with E-state index in [1.165, 1.54) is 0 Å². The van der Waals surface area contributed by atoms with Crippen LogP contribution in [0.1, 0.15) is 45.1 Å². The molecule has 3 heterocycles. The molecule has 1 aliphatic heterocycles. The van der Waals surface area contributed by atoms with E-state index in [0.717, 1.165) is 67.6 Å². The maximum Gasteiger partial charge on any atom is 0.227 e. The number of amides is 2. The number of carbonyl (C=O) groups is 2. The summed E-state index contributed by atoms with van der Waals surface area (Å²) in [7, 11) is 0. The molecule has 35 heavy (non-hydrogen) atoms. The Labute approximate surface area is 206 Å². The standard InChI is InChI=1S/C27H34N6O2/c1-3-31(4-2)27(35)19-8-7-15-32(17-19)24-13-14-25(30-29-24)33-18-20(16-26(34)28-21-11-12-21)22-9-5-6-10-23(22)33/h5-6,9-10,13-14,18-19,21H,3-4,7-8,11-12,15-17H2,1-2H3,(H,28,34). The van der Waals surface area contributed by atoms with Gasteiger partial charge in [-0.05, 0) is 63.3 Å². The van der Waals surface area contributed by atoms with Gasteiger partial charge in [0.2, 0.25) is 11.8 Å². The Balaban J connectivity index is 1.34. The van der Waals surface area contributed by atoms with Gasteiger partial charge in [0.05, 0.1) is 17.9 Å². The van der Waals surface area contributed by atoms with Crippen LogP contribution < -0.4 is 10.2 Å². The zero-order chi connectivity index (χ0) is 24.4. The number of aromatic nitrogens is 3. The number of rotatable bonds is 8. The number of piperidine rings is 1. The highest BCUT2D eigenvalue weighted by Crippen LogP contribution is 2.27. The molecule has 0 bridgehead atoms. The van der Waals surface area contributed by atoms with E-state index in [0.29, 0.717) is 24.8 Å². The van der Waals surface area contributed by atoms with Gasteiger partial charge in [-0.15, -0.1) is 10.2 Å². The number of benzene rings is 1. The van der Waals surface area contributed by atoms with Crippen molar-refractivity contribution in [2.24, 2.45) is 5.92 Å². The molecule has 1 aliphatic carbocycles. The van der Waals surface area contributed by atoms with Crippen LogP contribution >= 0.6 is 0 Å². The molecule has 184 valence electrons. The molecule has 1 unspecified atom stereocenters. The lowest BCUT2D eigenvalue weighted by Gasteiger charge is -2.34. The maximum atomic E-state index is 12.9. The Morgan fingerprint density at radius 3 is 2.49 bits per heavy atom. The average molecular weight is 475 g/mol. The number of anilines is 1. The van der Waals surface area contributed by atoms with E-state index in [4.69, 9.17) is 0 Å². The van der Waals surface area contributed by atoms with Gasteiger partial charge in [-0.1, -0.05) is 18.2 Å². The SMILES string of the molecule is CCN(CC)C(=O)C1CCCN(c2ccc(-n3cc(CC(=O)NC4CC4)c4ccccc43)nn2)C1. The minimum Gasteiger partial charge on any atom is -0.354 e. The number of nitrogens with one attached hydrogen (secondary N) is 1. The van der Waals surface area contributed by atoms with Crippen molar-refractivity contribution in [1.29, 1.82) is 0 Å². The Hall–Kier alpha value is -3.42. The molecular formula is C27H34N6O2. The molecule has 8 nitrogen and oxygen atoms in total. The molecule has 5 rings (SSSR count). The molecule has 0 spiro atoms. The van der Waals surface area contributed by atoms with E-state index in [1.54, 1.807) is 0 Å². The van der Waals surface area contributed by atoms with Crippen LogP contribution in [0, 0.1) is 5.92 Å². The predicted octanol–water partition coefficient (Wildman–Crippen LogP) is 3.33. The predicted molar refractivity (Wildman–Crippen MR) is 137 cm³/mol. The molecule has 0 radical (unpaired) electrons. The highest BCUT2D eigenvalue weighted by molar-refractivity contribution is 5.90. The van der Waals surface area contributed by atoms with Gasteiger partial charge in [-0.25, -0.2) is 0 Å². The fraction of sp³-hybridized carbons (Fsp3) is 0.481. The first-order valence-electron chi connectivity index (χ1n) is 12.8. The lowest BCUT2D eigenvalue weighted by atomic mass is 9.96. The van der Waals surface area contributed by atoms with Crippen molar-refractivity contribution in [3.63, 3.8) is 0 Å². The van der Waals surface area contributed by atoms with E-state index in [9.17, 15) is 9.59 Å². The van der Waals surface area contributed by atoms with Gasteiger partial charge in [0.1, 0.15) is 0 Å². The van der Waals surface area contributed by atoms with E-state index >= 15 is 0 Å². The van der Waals surface area contributed by atoms with Crippen molar-refractivity contribution in [3.8, 4) is 5.82 Å². The van der Waals surface area contributed by atoms with Crippen molar-refractivity contribution in [1.82, 2.24) is 25.0 Å². The van der Waals surface area contributed by atoms with Gasteiger partial charge in [0, 0.05) is 43.8 Å². The molecule has 8 heteroatoms. The number of para-hydroxylation sites is 1. The van der Waals surface area contributed by atoms with E-state index in [-0.39, 0.29) is 17.7 Å². The van der Waals surface area contributed by atoms with Gasteiger partial charge < -0.3 is 15.1 Å². The zero-order valence-corrected chi connectivity index (χ0v) is 20.6. The van der Waals surface area contributed by atoms with Crippen LogP contribution in [0.25, 0.3) is 16.7 Å². The Morgan fingerprint density at radius 2 is 1.77 bits per heavy atom. The topological polar surface area (TPSA) is 83.4 Å².